The minimum atomic E-state index is 0.700. The average Bonchev–Trinajstić information content (AvgIpc) is 2.39. The summed E-state index contributed by atoms with van der Waals surface area (Å²) < 4.78 is 5.51. The fourth-order valence-electron chi connectivity index (χ4n) is 1.36. The minimum Gasteiger partial charge on any atom is -0.483 e. The van der Waals surface area contributed by atoms with Gasteiger partial charge in [0, 0.05) is 9.79 Å². The first-order chi connectivity index (χ1) is 8.38. The highest BCUT2D eigenvalue weighted by Crippen LogP contribution is 2.28. The maximum Gasteiger partial charge on any atom is 0.133 e. The summed E-state index contributed by atoms with van der Waals surface area (Å²) in [5.74, 6) is 1.63. The van der Waals surface area contributed by atoms with Crippen LogP contribution in [0.4, 0.5) is 0 Å². The Morgan fingerprint density at radius 1 is 0.882 bits per heavy atom. The van der Waals surface area contributed by atoms with E-state index in [1.165, 1.54) is 9.79 Å². The maximum atomic E-state index is 5.51. The van der Waals surface area contributed by atoms with Crippen molar-refractivity contribution in [2.75, 3.05) is 12.2 Å². The van der Waals surface area contributed by atoms with Crippen LogP contribution in [0.5, 0.6) is 5.75 Å². The van der Waals surface area contributed by atoms with Crippen molar-refractivity contribution in [3.05, 3.63) is 54.6 Å². The van der Waals surface area contributed by atoms with Gasteiger partial charge in [-0.3, -0.25) is 0 Å². The van der Waals surface area contributed by atoms with E-state index >= 15 is 0 Å². The number of hydrogen-bond acceptors (Lipinski definition) is 3. The van der Waals surface area contributed by atoms with E-state index in [2.05, 4.69) is 36.4 Å². The highest BCUT2D eigenvalue weighted by atomic mass is 32.2. The Kier molecular flexibility index (Phi) is 4.83. The van der Waals surface area contributed by atoms with Gasteiger partial charge in [-0.2, -0.15) is 0 Å². The third-order valence-electron chi connectivity index (χ3n) is 2.15. The van der Waals surface area contributed by atoms with Gasteiger partial charge in [0.2, 0.25) is 0 Å². The van der Waals surface area contributed by atoms with Crippen molar-refractivity contribution in [2.24, 2.45) is 0 Å². The van der Waals surface area contributed by atoms with Crippen molar-refractivity contribution in [1.82, 2.24) is 0 Å². The molecule has 1 nitrogen and oxygen atoms in total. The molecular weight excluding hydrogens is 248 g/mol. The standard InChI is InChI=1S/C14H14OS2/c1-16-11-15-12-7-9-14(10-8-12)17-13-5-3-2-4-6-13/h2-10H,11H2,1H3. The van der Waals surface area contributed by atoms with Crippen LogP contribution in [0.25, 0.3) is 0 Å². The van der Waals surface area contributed by atoms with Crippen LogP contribution in [0.2, 0.25) is 0 Å². The van der Waals surface area contributed by atoms with Crippen LogP contribution in [0.1, 0.15) is 0 Å². The molecule has 0 saturated heterocycles. The predicted octanol–water partition coefficient (Wildman–Crippen LogP) is 4.54. The molecule has 0 spiro atoms. The minimum absolute atomic E-state index is 0.700. The molecule has 0 atom stereocenters. The Balaban J connectivity index is 1.98. The zero-order valence-electron chi connectivity index (χ0n) is 9.63. The van der Waals surface area contributed by atoms with E-state index in [1.54, 1.807) is 23.5 Å². The first-order valence-corrected chi connectivity index (χ1v) is 7.54. The molecule has 0 aromatic heterocycles. The second kappa shape index (κ2) is 6.62. The average molecular weight is 262 g/mol. The van der Waals surface area contributed by atoms with Crippen LogP contribution in [-0.2, 0) is 0 Å². The van der Waals surface area contributed by atoms with Gasteiger partial charge in [0.15, 0.2) is 0 Å². The zero-order valence-corrected chi connectivity index (χ0v) is 11.3. The SMILES string of the molecule is CSCOc1ccc(Sc2ccccc2)cc1. The fraction of sp³-hybridized carbons (Fsp3) is 0.143. The van der Waals surface area contributed by atoms with E-state index in [0.717, 1.165) is 5.75 Å². The number of ether oxygens (including phenoxy) is 1. The summed E-state index contributed by atoms with van der Waals surface area (Å²) in [5.41, 5.74) is 0. The molecule has 0 aliphatic carbocycles. The summed E-state index contributed by atoms with van der Waals surface area (Å²) in [6, 6.07) is 18.6. The van der Waals surface area contributed by atoms with Gasteiger partial charge in [0.05, 0.1) is 0 Å². The van der Waals surface area contributed by atoms with Crippen molar-refractivity contribution in [3.63, 3.8) is 0 Å². The third-order valence-corrected chi connectivity index (χ3v) is 3.52. The van der Waals surface area contributed by atoms with Gasteiger partial charge in [-0.25, -0.2) is 0 Å². The molecule has 0 radical (unpaired) electrons. The Bertz CT molecular complexity index is 440. The van der Waals surface area contributed by atoms with E-state index in [-0.39, 0.29) is 0 Å². The number of benzene rings is 2. The number of hydrogen-bond donors (Lipinski definition) is 0. The van der Waals surface area contributed by atoms with Gasteiger partial charge in [0.1, 0.15) is 11.7 Å². The molecule has 0 aliphatic rings. The van der Waals surface area contributed by atoms with Gasteiger partial charge >= 0.3 is 0 Å². The molecule has 0 saturated carbocycles. The fourth-order valence-corrected chi connectivity index (χ4v) is 2.45. The normalized spacial score (nSPS) is 10.2. The lowest BCUT2D eigenvalue weighted by atomic mass is 10.3. The van der Waals surface area contributed by atoms with E-state index in [1.807, 2.05) is 24.5 Å². The summed E-state index contributed by atoms with van der Waals surface area (Å²) in [7, 11) is 0. The summed E-state index contributed by atoms with van der Waals surface area (Å²) in [4.78, 5) is 2.48. The molecule has 2 aromatic rings. The van der Waals surface area contributed by atoms with Crippen LogP contribution in [0.3, 0.4) is 0 Å². The summed E-state index contributed by atoms with van der Waals surface area (Å²) in [5, 5.41) is 0. The highest BCUT2D eigenvalue weighted by molar-refractivity contribution is 7.99. The second-order valence-corrected chi connectivity index (χ2v) is 5.40. The zero-order chi connectivity index (χ0) is 11.9. The molecule has 2 aromatic carbocycles. The second-order valence-electron chi connectivity index (χ2n) is 3.44. The Hall–Kier alpha value is -1.06. The molecule has 0 N–H and O–H groups in total. The van der Waals surface area contributed by atoms with Gasteiger partial charge in [-0.1, -0.05) is 30.0 Å². The molecule has 0 bridgehead atoms. The Morgan fingerprint density at radius 2 is 1.53 bits per heavy atom. The van der Waals surface area contributed by atoms with Crippen molar-refractivity contribution >= 4 is 23.5 Å². The third kappa shape index (κ3) is 4.02. The summed E-state index contributed by atoms with van der Waals surface area (Å²) in [6.45, 7) is 0. The maximum absolute atomic E-state index is 5.51. The highest BCUT2D eigenvalue weighted by Gasteiger charge is 1.97. The molecule has 3 heteroatoms. The van der Waals surface area contributed by atoms with E-state index in [9.17, 15) is 0 Å². The number of rotatable bonds is 5. The van der Waals surface area contributed by atoms with Crippen LogP contribution < -0.4 is 4.74 Å². The van der Waals surface area contributed by atoms with E-state index < -0.39 is 0 Å². The van der Waals surface area contributed by atoms with Crippen LogP contribution in [0, 0.1) is 0 Å². The lowest BCUT2D eigenvalue weighted by Gasteiger charge is -2.05. The molecule has 0 unspecified atom stereocenters. The van der Waals surface area contributed by atoms with Crippen molar-refractivity contribution in [3.8, 4) is 5.75 Å². The molecule has 0 amide bonds. The predicted molar refractivity (Wildman–Crippen MR) is 76.0 cm³/mol. The molecule has 2 rings (SSSR count). The van der Waals surface area contributed by atoms with E-state index in [4.69, 9.17) is 4.74 Å². The van der Waals surface area contributed by atoms with Crippen molar-refractivity contribution in [1.29, 1.82) is 0 Å². The van der Waals surface area contributed by atoms with Crippen LogP contribution in [-0.4, -0.2) is 12.2 Å². The van der Waals surface area contributed by atoms with Crippen LogP contribution >= 0.6 is 23.5 Å². The largest absolute Gasteiger partial charge is 0.483 e. The Morgan fingerprint density at radius 3 is 2.18 bits per heavy atom. The number of thioether (sulfide) groups is 1. The van der Waals surface area contributed by atoms with Gasteiger partial charge < -0.3 is 4.74 Å². The van der Waals surface area contributed by atoms with E-state index in [0.29, 0.717) is 5.94 Å². The first-order valence-electron chi connectivity index (χ1n) is 5.33. The van der Waals surface area contributed by atoms with Crippen molar-refractivity contribution in [2.45, 2.75) is 9.79 Å². The molecule has 0 heterocycles. The molecule has 17 heavy (non-hydrogen) atoms. The topological polar surface area (TPSA) is 9.23 Å². The molecule has 0 fully saturated rings. The van der Waals surface area contributed by atoms with Crippen molar-refractivity contribution < 1.29 is 4.74 Å². The molecule has 0 aliphatic heterocycles. The lowest BCUT2D eigenvalue weighted by Crippen LogP contribution is -1.90. The molecule has 88 valence electrons. The Labute approximate surface area is 111 Å². The van der Waals surface area contributed by atoms with Gasteiger partial charge in [-0.05, 0) is 42.7 Å². The summed E-state index contributed by atoms with van der Waals surface area (Å²) in [6.07, 6.45) is 2.03. The lowest BCUT2D eigenvalue weighted by molar-refractivity contribution is 0.393. The summed E-state index contributed by atoms with van der Waals surface area (Å²) >= 11 is 3.44. The van der Waals surface area contributed by atoms with Gasteiger partial charge in [0.25, 0.3) is 0 Å². The quantitative estimate of drug-likeness (QED) is 0.732. The van der Waals surface area contributed by atoms with Gasteiger partial charge in [-0.15, -0.1) is 11.8 Å². The first kappa shape index (κ1) is 12.4. The smallest absolute Gasteiger partial charge is 0.133 e. The molecular formula is C14H14OS2. The van der Waals surface area contributed by atoms with Crippen LogP contribution in [0.15, 0.2) is 64.4 Å². The monoisotopic (exact) mass is 262 g/mol.